The van der Waals surface area contributed by atoms with Gasteiger partial charge in [-0.3, -0.25) is 0 Å². The zero-order valence-corrected chi connectivity index (χ0v) is 8.75. The lowest BCUT2D eigenvalue weighted by Crippen LogP contribution is -1.98. The van der Waals surface area contributed by atoms with Gasteiger partial charge in [0.25, 0.3) is 0 Å². The van der Waals surface area contributed by atoms with Crippen LogP contribution < -0.4 is 9.47 Å². The Morgan fingerprint density at radius 2 is 2.07 bits per heavy atom. The van der Waals surface area contributed by atoms with E-state index in [0.29, 0.717) is 23.5 Å². The minimum Gasteiger partial charge on any atom is -0.497 e. The van der Waals surface area contributed by atoms with Gasteiger partial charge in [0.2, 0.25) is 0 Å². The molecule has 1 aromatic carbocycles. The average Bonchev–Trinajstić information content (AvgIpc) is 2.26. The molecule has 0 spiro atoms. The second kappa shape index (κ2) is 5.34. The van der Waals surface area contributed by atoms with E-state index in [-0.39, 0.29) is 6.42 Å². The van der Waals surface area contributed by atoms with Gasteiger partial charge in [-0.2, -0.15) is 0 Å². The summed E-state index contributed by atoms with van der Waals surface area (Å²) in [5.41, 5.74) is 0.408. The van der Waals surface area contributed by atoms with Crippen LogP contribution in [0.1, 0.15) is 12.0 Å². The number of ether oxygens (including phenoxy) is 2. The summed E-state index contributed by atoms with van der Waals surface area (Å²) in [5, 5.41) is 0. The lowest BCUT2D eigenvalue weighted by molar-refractivity contribution is -0.107. The van der Waals surface area contributed by atoms with Crippen molar-refractivity contribution in [2.45, 2.75) is 12.8 Å². The number of aldehydes is 1. The second-order valence-electron chi connectivity index (χ2n) is 3.00. The third-order valence-corrected chi connectivity index (χ3v) is 2.10. The number of benzene rings is 1. The fourth-order valence-electron chi connectivity index (χ4n) is 1.33. The Hall–Kier alpha value is -1.58. The summed E-state index contributed by atoms with van der Waals surface area (Å²) in [6.45, 7) is 0. The van der Waals surface area contributed by atoms with Crippen LogP contribution in [0.25, 0.3) is 0 Å². The van der Waals surface area contributed by atoms with Gasteiger partial charge in [-0.15, -0.1) is 0 Å². The van der Waals surface area contributed by atoms with Crippen LogP contribution in [0.4, 0.5) is 4.39 Å². The topological polar surface area (TPSA) is 35.5 Å². The van der Waals surface area contributed by atoms with Gasteiger partial charge in [-0.25, -0.2) is 4.39 Å². The quantitative estimate of drug-likeness (QED) is 0.700. The highest BCUT2D eigenvalue weighted by atomic mass is 19.1. The third kappa shape index (κ3) is 2.68. The zero-order chi connectivity index (χ0) is 11.3. The Labute approximate surface area is 87.8 Å². The van der Waals surface area contributed by atoms with Crippen molar-refractivity contribution < 1.29 is 18.7 Å². The van der Waals surface area contributed by atoms with Crippen molar-refractivity contribution in [3.05, 3.63) is 23.5 Å². The molecule has 0 aliphatic carbocycles. The van der Waals surface area contributed by atoms with Gasteiger partial charge >= 0.3 is 0 Å². The summed E-state index contributed by atoms with van der Waals surface area (Å²) in [7, 11) is 2.91. The van der Waals surface area contributed by atoms with Crippen molar-refractivity contribution in [1.82, 2.24) is 0 Å². The summed E-state index contributed by atoms with van der Waals surface area (Å²) in [5.74, 6) is 0.404. The van der Waals surface area contributed by atoms with Crippen LogP contribution in [0.5, 0.6) is 11.5 Å². The van der Waals surface area contributed by atoms with Crippen molar-refractivity contribution in [2.24, 2.45) is 0 Å². The predicted molar refractivity (Wildman–Crippen MR) is 53.9 cm³/mol. The van der Waals surface area contributed by atoms with E-state index in [4.69, 9.17) is 9.47 Å². The number of carbonyl (C=O) groups is 1. The van der Waals surface area contributed by atoms with Gasteiger partial charge in [0, 0.05) is 24.1 Å². The van der Waals surface area contributed by atoms with E-state index in [1.807, 2.05) is 0 Å². The van der Waals surface area contributed by atoms with E-state index < -0.39 is 5.82 Å². The number of halogens is 1. The van der Waals surface area contributed by atoms with Crippen molar-refractivity contribution in [3.63, 3.8) is 0 Å². The van der Waals surface area contributed by atoms with Crippen LogP contribution >= 0.6 is 0 Å². The molecule has 0 atom stereocenters. The van der Waals surface area contributed by atoms with Crippen molar-refractivity contribution in [2.75, 3.05) is 14.2 Å². The van der Waals surface area contributed by atoms with Crippen LogP contribution in [0.15, 0.2) is 12.1 Å². The molecule has 82 valence electrons. The van der Waals surface area contributed by atoms with Gasteiger partial charge < -0.3 is 14.3 Å². The summed E-state index contributed by atoms with van der Waals surface area (Å²) in [6.07, 6.45) is 1.37. The minimum atomic E-state index is -0.409. The van der Waals surface area contributed by atoms with Crippen LogP contribution in [0.2, 0.25) is 0 Å². The molecular weight excluding hydrogens is 199 g/mol. The SMILES string of the molecule is COc1cc(F)c(CCC=O)c(OC)c1. The first kappa shape index (κ1) is 11.5. The number of hydrogen-bond acceptors (Lipinski definition) is 3. The predicted octanol–water partition coefficient (Wildman–Crippen LogP) is 1.97. The monoisotopic (exact) mass is 212 g/mol. The Balaban J connectivity index is 3.06. The largest absolute Gasteiger partial charge is 0.497 e. The molecule has 0 aliphatic rings. The highest BCUT2D eigenvalue weighted by Gasteiger charge is 2.11. The van der Waals surface area contributed by atoms with Crippen LogP contribution in [-0.4, -0.2) is 20.5 Å². The Kier molecular flexibility index (Phi) is 4.09. The Bertz CT molecular complexity index is 350. The third-order valence-electron chi connectivity index (χ3n) is 2.10. The number of methoxy groups -OCH3 is 2. The molecule has 0 aliphatic heterocycles. The molecule has 4 heteroatoms. The molecule has 15 heavy (non-hydrogen) atoms. The molecule has 0 bridgehead atoms. The van der Waals surface area contributed by atoms with Gasteiger partial charge in [-0.1, -0.05) is 0 Å². The van der Waals surface area contributed by atoms with E-state index in [0.717, 1.165) is 6.29 Å². The maximum atomic E-state index is 13.5. The molecule has 3 nitrogen and oxygen atoms in total. The normalized spacial score (nSPS) is 9.80. The Morgan fingerprint density at radius 1 is 1.33 bits per heavy atom. The average molecular weight is 212 g/mol. The van der Waals surface area contributed by atoms with E-state index >= 15 is 0 Å². The fourth-order valence-corrected chi connectivity index (χ4v) is 1.33. The molecule has 0 radical (unpaired) electrons. The molecule has 0 heterocycles. The van der Waals surface area contributed by atoms with Gasteiger partial charge in [0.15, 0.2) is 0 Å². The summed E-state index contributed by atoms with van der Waals surface area (Å²) >= 11 is 0. The van der Waals surface area contributed by atoms with Crippen molar-refractivity contribution >= 4 is 6.29 Å². The molecular formula is C11H13FO3. The molecule has 0 N–H and O–H groups in total. The Morgan fingerprint density at radius 3 is 2.60 bits per heavy atom. The van der Waals surface area contributed by atoms with Gasteiger partial charge in [-0.05, 0) is 6.42 Å². The lowest BCUT2D eigenvalue weighted by atomic mass is 10.1. The molecule has 0 fully saturated rings. The molecule has 0 amide bonds. The van der Waals surface area contributed by atoms with E-state index in [2.05, 4.69) is 0 Å². The van der Waals surface area contributed by atoms with E-state index in [1.165, 1.54) is 20.3 Å². The summed E-state index contributed by atoms with van der Waals surface area (Å²) < 4.78 is 23.5. The molecule has 1 rings (SSSR count). The van der Waals surface area contributed by atoms with E-state index in [9.17, 15) is 9.18 Å². The molecule has 0 unspecified atom stereocenters. The lowest BCUT2D eigenvalue weighted by Gasteiger charge is -2.10. The maximum Gasteiger partial charge on any atom is 0.133 e. The first-order chi connectivity index (χ1) is 7.22. The molecule has 0 saturated carbocycles. The van der Waals surface area contributed by atoms with Crippen LogP contribution in [0.3, 0.4) is 0 Å². The number of carbonyl (C=O) groups excluding carboxylic acids is 1. The second-order valence-corrected chi connectivity index (χ2v) is 3.00. The minimum absolute atomic E-state index is 0.277. The smallest absolute Gasteiger partial charge is 0.133 e. The summed E-state index contributed by atoms with van der Waals surface area (Å²) in [4.78, 5) is 10.2. The highest BCUT2D eigenvalue weighted by Crippen LogP contribution is 2.28. The number of rotatable bonds is 5. The van der Waals surface area contributed by atoms with Crippen molar-refractivity contribution in [1.29, 1.82) is 0 Å². The molecule has 1 aromatic rings. The highest BCUT2D eigenvalue weighted by molar-refractivity contribution is 5.51. The first-order valence-corrected chi connectivity index (χ1v) is 4.57. The van der Waals surface area contributed by atoms with Crippen LogP contribution in [0, 0.1) is 5.82 Å². The summed E-state index contributed by atoms with van der Waals surface area (Å²) in [6, 6.07) is 2.88. The first-order valence-electron chi connectivity index (χ1n) is 4.57. The van der Waals surface area contributed by atoms with E-state index in [1.54, 1.807) is 6.07 Å². The van der Waals surface area contributed by atoms with Gasteiger partial charge in [0.1, 0.15) is 23.6 Å². The number of hydrogen-bond donors (Lipinski definition) is 0. The van der Waals surface area contributed by atoms with Gasteiger partial charge in [0.05, 0.1) is 14.2 Å². The zero-order valence-electron chi connectivity index (χ0n) is 8.75. The standard InChI is InChI=1S/C11H13FO3/c1-14-8-6-10(12)9(4-3-5-13)11(7-8)15-2/h5-7H,3-4H2,1-2H3. The fraction of sp³-hybridized carbons (Fsp3) is 0.364. The molecule has 0 aromatic heterocycles. The van der Waals surface area contributed by atoms with Crippen LogP contribution in [-0.2, 0) is 11.2 Å². The van der Waals surface area contributed by atoms with Crippen molar-refractivity contribution in [3.8, 4) is 11.5 Å². The molecule has 0 saturated heterocycles. The maximum absolute atomic E-state index is 13.5.